The van der Waals surface area contributed by atoms with E-state index in [2.05, 4.69) is 15.5 Å². The minimum atomic E-state index is 0.325. The molecule has 1 saturated heterocycles. The Morgan fingerprint density at radius 1 is 1.16 bits per heavy atom. The third-order valence-corrected chi connectivity index (χ3v) is 5.43. The van der Waals surface area contributed by atoms with Crippen LogP contribution >= 0.6 is 0 Å². The maximum atomic E-state index is 5.49. The van der Waals surface area contributed by atoms with E-state index >= 15 is 0 Å². The second-order valence-electron chi connectivity index (χ2n) is 6.69. The fourth-order valence-corrected chi connectivity index (χ4v) is 4.42. The Kier molecular flexibility index (Phi) is 3.06. The highest BCUT2D eigenvalue weighted by atomic mass is 16.5. The molecule has 4 heteroatoms. The monoisotopic (exact) mass is 261 g/mol. The summed E-state index contributed by atoms with van der Waals surface area (Å²) in [5.74, 6) is 4.51. The maximum absolute atomic E-state index is 5.49. The summed E-state index contributed by atoms with van der Waals surface area (Å²) in [6.45, 7) is 1.08. The van der Waals surface area contributed by atoms with E-state index < -0.39 is 0 Å². The number of aromatic nitrogens is 2. The predicted octanol–water partition coefficient (Wildman–Crippen LogP) is 2.86. The molecule has 3 aliphatic rings. The fraction of sp³-hybridized carbons (Fsp3) is 0.867. The summed E-state index contributed by atoms with van der Waals surface area (Å²) in [6, 6.07) is 0.325. The smallest absolute Gasteiger partial charge is 0.226 e. The molecule has 1 aromatic heterocycles. The van der Waals surface area contributed by atoms with E-state index in [1.54, 1.807) is 0 Å². The van der Waals surface area contributed by atoms with Crippen LogP contribution in [0.2, 0.25) is 0 Å². The lowest BCUT2D eigenvalue weighted by Gasteiger charge is -2.20. The molecule has 0 spiro atoms. The minimum Gasteiger partial charge on any atom is -0.339 e. The Morgan fingerprint density at radius 3 is 2.89 bits per heavy atom. The van der Waals surface area contributed by atoms with Gasteiger partial charge in [0.2, 0.25) is 5.89 Å². The maximum Gasteiger partial charge on any atom is 0.226 e. The van der Waals surface area contributed by atoms with Crippen LogP contribution in [0.5, 0.6) is 0 Å². The van der Waals surface area contributed by atoms with E-state index in [0.717, 1.165) is 48.9 Å². The Balaban J connectivity index is 1.40. The molecular weight excluding hydrogens is 238 g/mol. The van der Waals surface area contributed by atoms with Gasteiger partial charge >= 0.3 is 0 Å². The van der Waals surface area contributed by atoms with Gasteiger partial charge < -0.3 is 9.84 Å². The van der Waals surface area contributed by atoms with Gasteiger partial charge in [-0.3, -0.25) is 0 Å². The Morgan fingerprint density at radius 2 is 2.16 bits per heavy atom. The highest BCUT2D eigenvalue weighted by Gasteiger charge is 2.40. The average molecular weight is 261 g/mol. The number of hydrogen-bond acceptors (Lipinski definition) is 4. The first-order valence-corrected chi connectivity index (χ1v) is 7.94. The molecule has 0 amide bonds. The van der Waals surface area contributed by atoms with Crippen molar-refractivity contribution in [1.82, 2.24) is 15.5 Å². The molecular formula is C15H23N3O. The number of nitrogens with zero attached hydrogens (tertiary/aromatic N) is 2. The first-order valence-electron chi connectivity index (χ1n) is 7.94. The van der Waals surface area contributed by atoms with Gasteiger partial charge in [-0.05, 0) is 56.4 Å². The molecule has 2 aliphatic carbocycles. The summed E-state index contributed by atoms with van der Waals surface area (Å²) in [4.78, 5) is 4.64. The van der Waals surface area contributed by atoms with Gasteiger partial charge in [-0.2, -0.15) is 4.98 Å². The molecule has 4 nitrogen and oxygen atoms in total. The van der Waals surface area contributed by atoms with Gasteiger partial charge in [0.25, 0.3) is 0 Å². The standard InChI is InChI=1S/C15H23N3O/c1-2-6-16-13(3-1)15-17-14(19-18-15)9-12-8-10-4-5-11(12)7-10/h10-13,16H,1-9H2. The number of nitrogens with one attached hydrogen (secondary N) is 1. The average Bonchev–Trinajstić information content (AvgIpc) is 3.16. The van der Waals surface area contributed by atoms with Gasteiger partial charge in [-0.1, -0.05) is 18.0 Å². The summed E-state index contributed by atoms with van der Waals surface area (Å²) in [6.07, 6.45) is 10.4. The molecule has 4 unspecified atom stereocenters. The molecule has 4 rings (SSSR count). The van der Waals surface area contributed by atoms with Crippen molar-refractivity contribution in [3.63, 3.8) is 0 Å². The normalized spacial score (nSPS) is 37.9. The van der Waals surface area contributed by atoms with Gasteiger partial charge in [0.15, 0.2) is 5.82 Å². The van der Waals surface area contributed by atoms with E-state index in [1.165, 1.54) is 38.5 Å². The highest BCUT2D eigenvalue weighted by molar-refractivity contribution is 4.99. The van der Waals surface area contributed by atoms with Crippen LogP contribution in [-0.4, -0.2) is 16.7 Å². The van der Waals surface area contributed by atoms with Crippen LogP contribution < -0.4 is 5.32 Å². The van der Waals surface area contributed by atoms with Crippen LogP contribution in [0.3, 0.4) is 0 Å². The van der Waals surface area contributed by atoms with E-state index in [9.17, 15) is 0 Å². The van der Waals surface area contributed by atoms with Crippen LogP contribution in [0.15, 0.2) is 4.52 Å². The highest BCUT2D eigenvalue weighted by Crippen LogP contribution is 2.49. The first kappa shape index (κ1) is 11.9. The lowest BCUT2D eigenvalue weighted by atomic mass is 9.86. The van der Waals surface area contributed by atoms with E-state index in [0.29, 0.717) is 6.04 Å². The number of piperidine rings is 1. The minimum absolute atomic E-state index is 0.325. The zero-order valence-electron chi connectivity index (χ0n) is 11.5. The van der Waals surface area contributed by atoms with Gasteiger partial charge in [-0.15, -0.1) is 0 Å². The quantitative estimate of drug-likeness (QED) is 0.909. The Bertz CT molecular complexity index is 438. The molecule has 4 atom stereocenters. The molecule has 0 radical (unpaired) electrons. The molecule has 19 heavy (non-hydrogen) atoms. The van der Waals surface area contributed by atoms with Crippen molar-refractivity contribution < 1.29 is 4.52 Å². The first-order chi connectivity index (χ1) is 9.38. The zero-order valence-corrected chi connectivity index (χ0v) is 11.5. The molecule has 1 aromatic rings. The van der Waals surface area contributed by atoms with Crippen LogP contribution in [0.1, 0.15) is 62.7 Å². The van der Waals surface area contributed by atoms with Crippen molar-refractivity contribution in [2.24, 2.45) is 17.8 Å². The van der Waals surface area contributed by atoms with Crippen LogP contribution in [0.4, 0.5) is 0 Å². The van der Waals surface area contributed by atoms with E-state index in [4.69, 9.17) is 4.52 Å². The van der Waals surface area contributed by atoms with Gasteiger partial charge in [0.1, 0.15) is 0 Å². The zero-order chi connectivity index (χ0) is 12.7. The van der Waals surface area contributed by atoms with Crippen molar-refractivity contribution in [3.05, 3.63) is 11.7 Å². The van der Waals surface area contributed by atoms with Crippen molar-refractivity contribution >= 4 is 0 Å². The summed E-state index contributed by atoms with van der Waals surface area (Å²) in [5, 5.41) is 7.68. The van der Waals surface area contributed by atoms with E-state index in [1.807, 2.05) is 0 Å². The molecule has 2 bridgehead atoms. The molecule has 1 aliphatic heterocycles. The van der Waals surface area contributed by atoms with Crippen LogP contribution in [-0.2, 0) is 6.42 Å². The molecule has 2 heterocycles. The molecule has 3 fully saturated rings. The van der Waals surface area contributed by atoms with E-state index in [-0.39, 0.29) is 0 Å². The third-order valence-electron chi connectivity index (χ3n) is 5.43. The number of rotatable bonds is 3. The SMILES string of the molecule is C1CCC(c2noc(CC3CC4CCC3C4)n2)NC1. The fourth-order valence-electron chi connectivity index (χ4n) is 4.42. The predicted molar refractivity (Wildman–Crippen MR) is 71.5 cm³/mol. The van der Waals surface area contributed by atoms with Gasteiger partial charge in [0.05, 0.1) is 6.04 Å². The van der Waals surface area contributed by atoms with Gasteiger partial charge in [-0.25, -0.2) is 0 Å². The second kappa shape index (κ2) is 4.89. The molecule has 1 N–H and O–H groups in total. The second-order valence-corrected chi connectivity index (χ2v) is 6.69. The van der Waals surface area contributed by atoms with Crippen LogP contribution in [0.25, 0.3) is 0 Å². The molecule has 2 saturated carbocycles. The summed E-state index contributed by atoms with van der Waals surface area (Å²) < 4.78 is 5.49. The largest absolute Gasteiger partial charge is 0.339 e. The molecule has 104 valence electrons. The topological polar surface area (TPSA) is 51.0 Å². The van der Waals surface area contributed by atoms with Crippen molar-refractivity contribution in [1.29, 1.82) is 0 Å². The van der Waals surface area contributed by atoms with Crippen LogP contribution in [0, 0.1) is 17.8 Å². The number of hydrogen-bond donors (Lipinski definition) is 1. The number of fused-ring (bicyclic) bond motifs is 2. The van der Waals surface area contributed by atoms with Crippen molar-refractivity contribution in [2.45, 2.75) is 57.4 Å². The molecule has 0 aromatic carbocycles. The van der Waals surface area contributed by atoms with Crippen molar-refractivity contribution in [2.75, 3.05) is 6.54 Å². The summed E-state index contributed by atoms with van der Waals surface area (Å²) in [5.41, 5.74) is 0. The van der Waals surface area contributed by atoms with Gasteiger partial charge in [0, 0.05) is 6.42 Å². The lowest BCUT2D eigenvalue weighted by Crippen LogP contribution is -2.27. The lowest BCUT2D eigenvalue weighted by molar-refractivity contribution is 0.286. The Hall–Kier alpha value is -0.900. The Labute approximate surface area is 114 Å². The van der Waals surface area contributed by atoms with Crippen molar-refractivity contribution in [3.8, 4) is 0 Å². The third kappa shape index (κ3) is 2.31. The summed E-state index contributed by atoms with van der Waals surface area (Å²) >= 11 is 0. The summed E-state index contributed by atoms with van der Waals surface area (Å²) in [7, 11) is 0.